The van der Waals surface area contributed by atoms with Crippen LogP contribution in [0.2, 0.25) is 0 Å². The van der Waals surface area contributed by atoms with Gasteiger partial charge in [-0.3, -0.25) is 0 Å². The largest absolute Gasteiger partial charge is 0.192 e. The molecule has 0 saturated heterocycles. The summed E-state index contributed by atoms with van der Waals surface area (Å²) in [4.78, 5) is 11.3. The van der Waals surface area contributed by atoms with Gasteiger partial charge in [-0.05, 0) is 41.8 Å². The molecule has 0 aliphatic heterocycles. The summed E-state index contributed by atoms with van der Waals surface area (Å²) in [6, 6.07) is 5.26. The summed E-state index contributed by atoms with van der Waals surface area (Å²) >= 11 is 1.44. The Morgan fingerprint density at radius 2 is 2.33 bits per heavy atom. The Kier molecular flexibility index (Phi) is 1.62. The van der Waals surface area contributed by atoms with Gasteiger partial charge in [0.05, 0.1) is 5.52 Å². The normalized spacial score (nSPS) is 10.4. The summed E-state index contributed by atoms with van der Waals surface area (Å²) < 4.78 is 4.19. The van der Waals surface area contributed by atoms with Crippen LogP contribution in [0.5, 0.6) is 0 Å². The van der Waals surface area contributed by atoms with E-state index in [-0.39, 0.29) is 0 Å². The summed E-state index contributed by atoms with van der Waals surface area (Å²) in [6.07, 6.45) is 0. The predicted octanol–water partition coefficient (Wildman–Crippen LogP) is 3.00. The lowest BCUT2D eigenvalue weighted by Gasteiger charge is -1.89. The molecular formula is C8H6N2OS. The van der Waals surface area contributed by atoms with Gasteiger partial charge in [-0.15, -0.1) is 4.91 Å². The molecule has 0 atom stereocenters. The zero-order valence-corrected chi connectivity index (χ0v) is 7.26. The van der Waals surface area contributed by atoms with Gasteiger partial charge in [0.2, 0.25) is 0 Å². The van der Waals surface area contributed by atoms with Crippen molar-refractivity contribution in [3.8, 4) is 0 Å². The van der Waals surface area contributed by atoms with Crippen LogP contribution in [-0.4, -0.2) is 4.37 Å². The van der Waals surface area contributed by atoms with Crippen molar-refractivity contribution >= 4 is 28.1 Å². The van der Waals surface area contributed by atoms with Crippen LogP contribution >= 0.6 is 11.5 Å². The van der Waals surface area contributed by atoms with Crippen molar-refractivity contribution in [1.29, 1.82) is 0 Å². The standard InChI is InChI=1S/C8H6N2OS/c1-5-7-4-6(9-11)2-3-8(7)10-12-5/h2-4H,1H3. The van der Waals surface area contributed by atoms with Crippen molar-refractivity contribution in [2.45, 2.75) is 6.92 Å². The minimum absolute atomic E-state index is 0.464. The van der Waals surface area contributed by atoms with E-state index in [1.165, 1.54) is 11.5 Å². The molecule has 2 aromatic rings. The summed E-state index contributed by atoms with van der Waals surface area (Å²) in [5.41, 5.74) is 1.40. The summed E-state index contributed by atoms with van der Waals surface area (Å²) in [7, 11) is 0. The molecule has 12 heavy (non-hydrogen) atoms. The van der Waals surface area contributed by atoms with Gasteiger partial charge in [-0.2, -0.15) is 4.37 Å². The Morgan fingerprint density at radius 3 is 3.08 bits per heavy atom. The molecule has 0 aliphatic carbocycles. The second-order valence-electron chi connectivity index (χ2n) is 2.53. The van der Waals surface area contributed by atoms with Crippen LogP contribution in [0, 0.1) is 11.8 Å². The SMILES string of the molecule is Cc1snc2ccc(N=O)cc12. The third-order valence-corrected chi connectivity index (χ3v) is 2.53. The fourth-order valence-corrected chi connectivity index (χ4v) is 1.77. The number of nitrogens with zero attached hydrogens (tertiary/aromatic N) is 2. The molecule has 0 N–H and O–H groups in total. The first-order valence-corrected chi connectivity index (χ1v) is 4.28. The average Bonchev–Trinajstić information content (AvgIpc) is 2.47. The lowest BCUT2D eigenvalue weighted by molar-refractivity contribution is 1.51. The Morgan fingerprint density at radius 1 is 1.50 bits per heavy atom. The number of hydrogen-bond donors (Lipinski definition) is 0. The molecule has 0 bridgehead atoms. The van der Waals surface area contributed by atoms with E-state index in [1.807, 2.05) is 13.0 Å². The predicted molar refractivity (Wildman–Crippen MR) is 49.8 cm³/mol. The third kappa shape index (κ3) is 1.00. The van der Waals surface area contributed by atoms with Crippen molar-refractivity contribution < 1.29 is 0 Å². The quantitative estimate of drug-likeness (QED) is 0.630. The number of rotatable bonds is 1. The van der Waals surface area contributed by atoms with E-state index in [4.69, 9.17) is 0 Å². The van der Waals surface area contributed by atoms with Crippen LogP contribution in [0.1, 0.15) is 4.88 Å². The topological polar surface area (TPSA) is 42.3 Å². The molecule has 2 rings (SSSR count). The van der Waals surface area contributed by atoms with E-state index in [2.05, 4.69) is 9.55 Å². The molecule has 0 aliphatic rings. The van der Waals surface area contributed by atoms with Crippen molar-refractivity contribution in [2.75, 3.05) is 0 Å². The number of aromatic nitrogens is 1. The maximum Gasteiger partial charge on any atom is 0.108 e. The van der Waals surface area contributed by atoms with Gasteiger partial charge in [0, 0.05) is 10.3 Å². The van der Waals surface area contributed by atoms with Crippen molar-refractivity contribution in [2.24, 2.45) is 5.18 Å². The van der Waals surface area contributed by atoms with Gasteiger partial charge in [0.25, 0.3) is 0 Å². The maximum absolute atomic E-state index is 10.2. The van der Waals surface area contributed by atoms with Gasteiger partial charge in [-0.1, -0.05) is 0 Å². The van der Waals surface area contributed by atoms with Crippen molar-refractivity contribution in [3.63, 3.8) is 0 Å². The minimum Gasteiger partial charge on any atom is -0.192 e. The molecule has 4 heteroatoms. The van der Waals surface area contributed by atoms with E-state index >= 15 is 0 Å². The van der Waals surface area contributed by atoms with Gasteiger partial charge in [-0.25, -0.2) is 0 Å². The van der Waals surface area contributed by atoms with E-state index in [0.29, 0.717) is 5.69 Å². The fourth-order valence-electron chi connectivity index (χ4n) is 1.11. The number of nitroso groups, excluding NO2 is 1. The molecule has 1 heterocycles. The number of aryl methyl sites for hydroxylation is 1. The Bertz CT molecular complexity index is 436. The summed E-state index contributed by atoms with van der Waals surface area (Å²) in [5.74, 6) is 0. The first kappa shape index (κ1) is 7.36. The van der Waals surface area contributed by atoms with Crippen LogP contribution in [0.4, 0.5) is 5.69 Å². The first-order chi connectivity index (χ1) is 5.81. The second-order valence-corrected chi connectivity index (χ2v) is 3.51. The van der Waals surface area contributed by atoms with Gasteiger partial charge in [0.1, 0.15) is 5.69 Å². The monoisotopic (exact) mass is 178 g/mol. The van der Waals surface area contributed by atoms with E-state index in [9.17, 15) is 4.91 Å². The fraction of sp³-hybridized carbons (Fsp3) is 0.125. The molecule has 60 valence electrons. The van der Waals surface area contributed by atoms with E-state index in [0.717, 1.165) is 15.8 Å². The average molecular weight is 178 g/mol. The maximum atomic E-state index is 10.2. The van der Waals surface area contributed by atoms with Gasteiger partial charge >= 0.3 is 0 Å². The molecule has 0 saturated carbocycles. The molecule has 0 radical (unpaired) electrons. The number of fused-ring (bicyclic) bond motifs is 1. The Balaban J connectivity index is 2.79. The zero-order valence-electron chi connectivity index (χ0n) is 6.44. The summed E-state index contributed by atoms with van der Waals surface area (Å²) in [5, 5.41) is 3.89. The minimum atomic E-state index is 0.464. The van der Waals surface area contributed by atoms with Crippen LogP contribution in [0.3, 0.4) is 0 Å². The molecule has 0 fully saturated rings. The van der Waals surface area contributed by atoms with Crippen LogP contribution in [-0.2, 0) is 0 Å². The highest BCUT2D eigenvalue weighted by molar-refractivity contribution is 7.07. The lowest BCUT2D eigenvalue weighted by Crippen LogP contribution is -1.68. The van der Waals surface area contributed by atoms with Gasteiger partial charge in [0.15, 0.2) is 0 Å². The molecule has 1 aromatic carbocycles. The zero-order chi connectivity index (χ0) is 8.55. The Hall–Kier alpha value is -1.29. The number of benzene rings is 1. The smallest absolute Gasteiger partial charge is 0.108 e. The summed E-state index contributed by atoms with van der Waals surface area (Å²) in [6.45, 7) is 1.98. The van der Waals surface area contributed by atoms with Crippen LogP contribution in [0.25, 0.3) is 10.9 Å². The van der Waals surface area contributed by atoms with Crippen molar-refractivity contribution in [3.05, 3.63) is 28.0 Å². The highest BCUT2D eigenvalue weighted by Gasteiger charge is 2.02. The van der Waals surface area contributed by atoms with E-state index in [1.54, 1.807) is 12.1 Å². The lowest BCUT2D eigenvalue weighted by atomic mass is 10.2. The van der Waals surface area contributed by atoms with E-state index < -0.39 is 0 Å². The Labute approximate surface area is 73.2 Å². The molecule has 0 amide bonds. The van der Waals surface area contributed by atoms with Crippen LogP contribution < -0.4 is 0 Å². The molecule has 1 aromatic heterocycles. The molecular weight excluding hydrogens is 172 g/mol. The van der Waals surface area contributed by atoms with Crippen LogP contribution in [0.15, 0.2) is 23.4 Å². The first-order valence-electron chi connectivity index (χ1n) is 3.50. The van der Waals surface area contributed by atoms with Crippen molar-refractivity contribution in [1.82, 2.24) is 4.37 Å². The third-order valence-electron chi connectivity index (χ3n) is 1.75. The highest BCUT2D eigenvalue weighted by atomic mass is 32.1. The highest BCUT2D eigenvalue weighted by Crippen LogP contribution is 2.25. The molecule has 0 unspecified atom stereocenters. The second kappa shape index (κ2) is 2.64. The number of hydrogen-bond acceptors (Lipinski definition) is 4. The molecule has 0 spiro atoms. The van der Waals surface area contributed by atoms with Gasteiger partial charge < -0.3 is 0 Å². The molecule has 3 nitrogen and oxygen atoms in total.